The fraction of sp³-hybridized carbons (Fsp3) is 0.786. The van der Waals surface area contributed by atoms with Crippen LogP contribution in [0, 0.1) is 5.92 Å². The van der Waals surface area contributed by atoms with Crippen LogP contribution < -0.4 is 5.32 Å². The van der Waals surface area contributed by atoms with Gasteiger partial charge in [-0.2, -0.15) is 0 Å². The van der Waals surface area contributed by atoms with E-state index in [1.54, 1.807) is 0 Å². The van der Waals surface area contributed by atoms with E-state index in [9.17, 15) is 0 Å². The maximum Gasteiger partial charge on any atom is 0.112 e. The predicted molar refractivity (Wildman–Crippen MR) is 71.1 cm³/mol. The fourth-order valence-corrected chi connectivity index (χ4v) is 3.04. The van der Waals surface area contributed by atoms with Crippen LogP contribution in [0.3, 0.4) is 0 Å². The standard InChI is InChI=1S/C14H25N3/c1-3-15-11-12-7-5-6-8-13(12)14-16-9-10-17(14)4-2/h9-10,12-13,15H,3-8,11H2,1-2H3. The molecule has 1 heterocycles. The summed E-state index contributed by atoms with van der Waals surface area (Å²) in [5, 5.41) is 3.51. The second-order valence-corrected chi connectivity index (χ2v) is 5.03. The third-order valence-corrected chi connectivity index (χ3v) is 3.99. The van der Waals surface area contributed by atoms with Crippen LogP contribution in [-0.4, -0.2) is 22.6 Å². The van der Waals surface area contributed by atoms with Crippen molar-refractivity contribution >= 4 is 0 Å². The molecule has 1 aromatic heterocycles. The largest absolute Gasteiger partial charge is 0.335 e. The summed E-state index contributed by atoms with van der Waals surface area (Å²) in [5.74, 6) is 2.75. The van der Waals surface area contributed by atoms with Crippen molar-refractivity contribution in [1.82, 2.24) is 14.9 Å². The van der Waals surface area contributed by atoms with Crippen molar-refractivity contribution in [2.45, 2.75) is 52.0 Å². The van der Waals surface area contributed by atoms with Gasteiger partial charge in [-0.15, -0.1) is 0 Å². The summed E-state index contributed by atoms with van der Waals surface area (Å²) < 4.78 is 2.31. The highest BCUT2D eigenvalue weighted by Crippen LogP contribution is 2.36. The molecule has 0 saturated heterocycles. The molecular weight excluding hydrogens is 210 g/mol. The highest BCUT2D eigenvalue weighted by Gasteiger charge is 2.28. The molecule has 2 unspecified atom stereocenters. The van der Waals surface area contributed by atoms with Crippen molar-refractivity contribution in [3.05, 3.63) is 18.2 Å². The number of nitrogens with one attached hydrogen (secondary N) is 1. The lowest BCUT2D eigenvalue weighted by Gasteiger charge is -2.31. The van der Waals surface area contributed by atoms with Gasteiger partial charge in [0.25, 0.3) is 0 Å². The second-order valence-electron chi connectivity index (χ2n) is 5.03. The maximum absolute atomic E-state index is 4.60. The molecule has 1 saturated carbocycles. The molecular formula is C14H25N3. The van der Waals surface area contributed by atoms with Crippen LogP contribution in [0.4, 0.5) is 0 Å². The fourth-order valence-electron chi connectivity index (χ4n) is 3.04. The number of rotatable bonds is 5. The van der Waals surface area contributed by atoms with Gasteiger partial charge >= 0.3 is 0 Å². The molecule has 1 aromatic rings. The summed E-state index contributed by atoms with van der Waals surface area (Å²) in [6, 6.07) is 0. The molecule has 1 aliphatic rings. The van der Waals surface area contributed by atoms with E-state index >= 15 is 0 Å². The van der Waals surface area contributed by atoms with Gasteiger partial charge in [-0.1, -0.05) is 19.8 Å². The Labute approximate surface area is 105 Å². The molecule has 0 radical (unpaired) electrons. The number of hydrogen-bond donors (Lipinski definition) is 1. The Kier molecular flexibility index (Phi) is 4.60. The Morgan fingerprint density at radius 1 is 1.35 bits per heavy atom. The normalized spacial score (nSPS) is 25.1. The van der Waals surface area contributed by atoms with Gasteiger partial charge in [-0.05, 0) is 38.8 Å². The number of aryl methyl sites for hydroxylation is 1. The Balaban J connectivity index is 2.10. The van der Waals surface area contributed by atoms with Crippen molar-refractivity contribution in [2.75, 3.05) is 13.1 Å². The van der Waals surface area contributed by atoms with Gasteiger partial charge in [0.05, 0.1) is 0 Å². The molecule has 3 nitrogen and oxygen atoms in total. The van der Waals surface area contributed by atoms with Crippen LogP contribution in [0.1, 0.15) is 51.3 Å². The summed E-state index contributed by atoms with van der Waals surface area (Å²) in [5.41, 5.74) is 0. The molecule has 2 rings (SSSR count). The monoisotopic (exact) mass is 235 g/mol. The summed E-state index contributed by atoms with van der Waals surface area (Å²) in [4.78, 5) is 4.60. The zero-order chi connectivity index (χ0) is 12.1. The van der Waals surface area contributed by atoms with E-state index in [0.29, 0.717) is 5.92 Å². The first-order valence-corrected chi connectivity index (χ1v) is 7.08. The third kappa shape index (κ3) is 2.89. The van der Waals surface area contributed by atoms with Gasteiger partial charge in [0.1, 0.15) is 5.82 Å². The molecule has 1 aliphatic carbocycles. The van der Waals surface area contributed by atoms with Gasteiger partial charge in [0, 0.05) is 24.9 Å². The van der Waals surface area contributed by atoms with Crippen molar-refractivity contribution in [3.63, 3.8) is 0 Å². The molecule has 17 heavy (non-hydrogen) atoms. The van der Waals surface area contributed by atoms with Crippen molar-refractivity contribution < 1.29 is 0 Å². The third-order valence-electron chi connectivity index (χ3n) is 3.99. The van der Waals surface area contributed by atoms with Crippen molar-refractivity contribution in [1.29, 1.82) is 0 Å². The van der Waals surface area contributed by atoms with Crippen LogP contribution in [0.15, 0.2) is 12.4 Å². The van der Waals surface area contributed by atoms with Gasteiger partial charge < -0.3 is 9.88 Å². The minimum absolute atomic E-state index is 0.665. The average molecular weight is 235 g/mol. The van der Waals surface area contributed by atoms with Crippen LogP contribution in [-0.2, 0) is 6.54 Å². The Morgan fingerprint density at radius 3 is 2.94 bits per heavy atom. The molecule has 3 heteroatoms. The van der Waals surface area contributed by atoms with Crippen molar-refractivity contribution in [2.24, 2.45) is 5.92 Å². The number of nitrogens with zero attached hydrogens (tertiary/aromatic N) is 2. The summed E-state index contributed by atoms with van der Waals surface area (Å²) in [6.07, 6.45) is 9.50. The lowest BCUT2D eigenvalue weighted by Crippen LogP contribution is -2.30. The van der Waals surface area contributed by atoms with E-state index in [4.69, 9.17) is 0 Å². The van der Waals surface area contributed by atoms with Gasteiger partial charge in [-0.25, -0.2) is 4.98 Å². The number of aromatic nitrogens is 2. The molecule has 2 atom stereocenters. The van der Waals surface area contributed by atoms with Crippen LogP contribution >= 0.6 is 0 Å². The molecule has 0 aromatic carbocycles. The average Bonchev–Trinajstić information content (AvgIpc) is 2.84. The molecule has 96 valence electrons. The van der Waals surface area contributed by atoms with E-state index in [-0.39, 0.29) is 0 Å². The van der Waals surface area contributed by atoms with Gasteiger partial charge in [0.2, 0.25) is 0 Å². The van der Waals surface area contributed by atoms with Crippen LogP contribution in [0.5, 0.6) is 0 Å². The Hall–Kier alpha value is -0.830. The molecule has 0 aliphatic heterocycles. The SMILES string of the molecule is CCNCC1CCCCC1c1nccn1CC. The van der Waals surface area contributed by atoms with E-state index in [1.165, 1.54) is 31.5 Å². The minimum atomic E-state index is 0.665. The number of imidazole rings is 1. The van der Waals surface area contributed by atoms with E-state index in [0.717, 1.165) is 25.6 Å². The smallest absolute Gasteiger partial charge is 0.112 e. The zero-order valence-corrected chi connectivity index (χ0v) is 11.2. The molecule has 1 fully saturated rings. The first-order valence-electron chi connectivity index (χ1n) is 7.08. The summed E-state index contributed by atoms with van der Waals surface area (Å²) in [6.45, 7) is 7.65. The maximum atomic E-state index is 4.60. The number of hydrogen-bond acceptors (Lipinski definition) is 2. The van der Waals surface area contributed by atoms with Crippen LogP contribution in [0.2, 0.25) is 0 Å². The van der Waals surface area contributed by atoms with Crippen LogP contribution in [0.25, 0.3) is 0 Å². The second kappa shape index (κ2) is 6.20. The van der Waals surface area contributed by atoms with E-state index in [2.05, 4.69) is 34.9 Å². The van der Waals surface area contributed by atoms with Gasteiger partial charge in [0.15, 0.2) is 0 Å². The minimum Gasteiger partial charge on any atom is -0.335 e. The van der Waals surface area contributed by atoms with E-state index in [1.807, 2.05) is 6.20 Å². The summed E-state index contributed by atoms with van der Waals surface area (Å²) >= 11 is 0. The highest BCUT2D eigenvalue weighted by molar-refractivity contribution is 5.04. The molecule has 0 spiro atoms. The zero-order valence-electron chi connectivity index (χ0n) is 11.2. The van der Waals surface area contributed by atoms with Crippen molar-refractivity contribution in [3.8, 4) is 0 Å². The molecule has 0 amide bonds. The Morgan fingerprint density at radius 2 is 2.18 bits per heavy atom. The van der Waals surface area contributed by atoms with Gasteiger partial charge in [-0.3, -0.25) is 0 Å². The quantitative estimate of drug-likeness (QED) is 0.850. The van der Waals surface area contributed by atoms with E-state index < -0.39 is 0 Å². The molecule has 0 bridgehead atoms. The first-order chi connectivity index (χ1) is 8.36. The lowest BCUT2D eigenvalue weighted by molar-refractivity contribution is 0.283. The highest BCUT2D eigenvalue weighted by atomic mass is 15.1. The first kappa shape index (κ1) is 12.6. The Bertz CT molecular complexity index is 332. The predicted octanol–water partition coefficient (Wildman–Crippen LogP) is 2.79. The molecule has 1 N–H and O–H groups in total. The lowest BCUT2D eigenvalue weighted by atomic mass is 9.78. The summed E-state index contributed by atoms with van der Waals surface area (Å²) in [7, 11) is 0. The topological polar surface area (TPSA) is 29.9 Å².